The number of H-pyrrole nitrogens is 1. The smallest absolute Gasteiger partial charge is 0.329 e. The van der Waals surface area contributed by atoms with E-state index >= 15 is 0 Å². The molecule has 11 heteroatoms. The Morgan fingerprint density at radius 3 is 2.46 bits per heavy atom. The molecule has 4 rings (SSSR count). The molecule has 1 aliphatic rings. The summed E-state index contributed by atoms with van der Waals surface area (Å²) in [5.41, 5.74) is -1.19. The summed E-state index contributed by atoms with van der Waals surface area (Å²) in [4.78, 5) is 51.0. The molecule has 35 heavy (non-hydrogen) atoms. The lowest BCUT2D eigenvalue weighted by atomic mass is 10.1. The molecule has 0 spiro atoms. The van der Waals surface area contributed by atoms with Crippen LogP contribution in [0.25, 0.3) is 10.9 Å². The van der Waals surface area contributed by atoms with Crippen molar-refractivity contribution in [2.24, 2.45) is 9.98 Å². The second-order valence-electron chi connectivity index (χ2n) is 7.84. The number of amides is 1. The van der Waals surface area contributed by atoms with E-state index in [1.807, 2.05) is 4.90 Å². The molecule has 1 N–H and O–H groups in total. The van der Waals surface area contributed by atoms with Crippen molar-refractivity contribution < 1.29 is 13.6 Å². The predicted octanol–water partition coefficient (Wildman–Crippen LogP) is 1.97. The lowest BCUT2D eigenvalue weighted by Crippen LogP contribution is -2.50. The first-order valence-corrected chi connectivity index (χ1v) is 10.7. The van der Waals surface area contributed by atoms with Crippen molar-refractivity contribution in [2.75, 3.05) is 26.2 Å². The first kappa shape index (κ1) is 23.7. The van der Waals surface area contributed by atoms with Gasteiger partial charge in [-0.1, -0.05) is 18.7 Å². The Kier molecular flexibility index (Phi) is 6.67. The molecule has 0 unspecified atom stereocenters. The highest BCUT2D eigenvalue weighted by atomic mass is 19.1. The van der Waals surface area contributed by atoms with Gasteiger partial charge in [-0.05, 0) is 36.5 Å². The molecular formula is C24H22F2N6O3. The van der Waals surface area contributed by atoms with Crippen LogP contribution >= 0.6 is 0 Å². The summed E-state index contributed by atoms with van der Waals surface area (Å²) in [5.74, 6) is -1.56. The maximum atomic E-state index is 14.6. The molecule has 180 valence electrons. The van der Waals surface area contributed by atoms with Gasteiger partial charge >= 0.3 is 5.69 Å². The quantitative estimate of drug-likeness (QED) is 0.456. The fraction of sp³-hybridized carbons (Fsp3) is 0.208. The number of aliphatic imine (C=N–C) groups is 2. The Labute approximate surface area is 198 Å². The summed E-state index contributed by atoms with van der Waals surface area (Å²) < 4.78 is 30.0. The van der Waals surface area contributed by atoms with E-state index in [1.54, 1.807) is 0 Å². The van der Waals surface area contributed by atoms with Crippen molar-refractivity contribution in [2.45, 2.75) is 6.54 Å². The molecule has 2 heterocycles. The maximum absolute atomic E-state index is 14.6. The number of nitrogens with zero attached hydrogens (tertiary/aromatic N) is 5. The monoisotopic (exact) mass is 480 g/mol. The molecule has 1 fully saturated rings. The number of aromatic nitrogens is 2. The highest BCUT2D eigenvalue weighted by molar-refractivity contribution is 5.95. The molecule has 1 aliphatic heterocycles. The number of rotatable bonds is 4. The fourth-order valence-corrected chi connectivity index (χ4v) is 4.06. The molecule has 1 amide bonds. The molecule has 1 saturated heterocycles. The SMILES string of the molecule is C=CN=C(N=C)N1CCN(C(=O)c2cc(Cn3c(=O)[nH]c(=O)c4c(F)cccc43)ccc2F)CC1. The van der Waals surface area contributed by atoms with Crippen molar-refractivity contribution in [3.63, 3.8) is 0 Å². The van der Waals surface area contributed by atoms with Crippen LogP contribution in [0.5, 0.6) is 0 Å². The zero-order valence-corrected chi connectivity index (χ0v) is 18.7. The summed E-state index contributed by atoms with van der Waals surface area (Å²) in [6, 6.07) is 7.90. The van der Waals surface area contributed by atoms with Crippen molar-refractivity contribution in [1.82, 2.24) is 19.4 Å². The normalized spacial score (nSPS) is 14.3. The zero-order chi connectivity index (χ0) is 25.1. The van der Waals surface area contributed by atoms with E-state index in [0.717, 1.165) is 12.1 Å². The first-order chi connectivity index (χ1) is 16.8. The molecule has 0 bridgehead atoms. The van der Waals surface area contributed by atoms with E-state index in [0.29, 0.717) is 37.7 Å². The minimum Gasteiger partial charge on any atom is -0.337 e. The van der Waals surface area contributed by atoms with E-state index < -0.39 is 28.8 Å². The van der Waals surface area contributed by atoms with Crippen LogP contribution in [0, 0.1) is 11.6 Å². The largest absolute Gasteiger partial charge is 0.337 e. The Morgan fingerprint density at radius 1 is 1.06 bits per heavy atom. The molecular weight excluding hydrogens is 458 g/mol. The molecule has 3 aromatic rings. The number of piperazine rings is 1. The Hall–Kier alpha value is -4.41. The van der Waals surface area contributed by atoms with Crippen LogP contribution in [-0.2, 0) is 6.54 Å². The minimum absolute atomic E-state index is 0.0971. The molecule has 0 aliphatic carbocycles. The number of carbonyl (C=O) groups excluding carboxylic acids is 1. The molecule has 0 atom stereocenters. The number of guanidine groups is 1. The van der Waals surface area contributed by atoms with Gasteiger partial charge in [0.15, 0.2) is 0 Å². The van der Waals surface area contributed by atoms with Crippen LogP contribution in [-0.4, -0.2) is 64.1 Å². The van der Waals surface area contributed by atoms with E-state index in [9.17, 15) is 23.2 Å². The van der Waals surface area contributed by atoms with Crippen molar-refractivity contribution in [3.05, 3.63) is 92.8 Å². The third-order valence-corrected chi connectivity index (χ3v) is 5.77. The number of hydrogen-bond acceptors (Lipinski definition) is 4. The van der Waals surface area contributed by atoms with Crippen LogP contribution in [0.2, 0.25) is 0 Å². The van der Waals surface area contributed by atoms with Gasteiger partial charge in [-0.3, -0.25) is 19.1 Å². The summed E-state index contributed by atoms with van der Waals surface area (Å²) in [7, 11) is 0. The number of aromatic amines is 1. The lowest BCUT2D eigenvalue weighted by Gasteiger charge is -2.35. The van der Waals surface area contributed by atoms with Gasteiger partial charge in [0.05, 0.1) is 23.0 Å². The second kappa shape index (κ2) is 9.84. The number of benzene rings is 2. The maximum Gasteiger partial charge on any atom is 0.329 e. The highest BCUT2D eigenvalue weighted by Gasteiger charge is 2.25. The third kappa shape index (κ3) is 4.65. The molecule has 2 aromatic carbocycles. The van der Waals surface area contributed by atoms with Gasteiger partial charge in [0, 0.05) is 32.4 Å². The third-order valence-electron chi connectivity index (χ3n) is 5.77. The first-order valence-electron chi connectivity index (χ1n) is 10.7. The van der Waals surface area contributed by atoms with Gasteiger partial charge in [-0.2, -0.15) is 0 Å². The standard InChI is InChI=1S/C24H22F2N6O3/c1-3-28-23(27-2)31-11-9-30(10-12-31)22(34)16-13-15(7-8-17(16)25)14-32-19-6-4-5-18(26)20(19)21(33)29-24(32)35/h3-8,13H,1-2,9-12,14H2,(H,29,33,35). The Bertz CT molecular complexity index is 1470. The lowest BCUT2D eigenvalue weighted by molar-refractivity contribution is 0.0686. The van der Waals surface area contributed by atoms with Gasteiger partial charge in [-0.25, -0.2) is 23.6 Å². The van der Waals surface area contributed by atoms with Crippen LogP contribution < -0.4 is 11.2 Å². The minimum atomic E-state index is -0.832. The molecule has 0 saturated carbocycles. The number of carbonyl (C=O) groups is 1. The van der Waals surface area contributed by atoms with E-state index in [2.05, 4.69) is 28.3 Å². The van der Waals surface area contributed by atoms with Crippen molar-refractivity contribution in [1.29, 1.82) is 0 Å². The Balaban J connectivity index is 1.60. The van der Waals surface area contributed by atoms with E-state index in [-0.39, 0.29) is 23.0 Å². The van der Waals surface area contributed by atoms with Crippen molar-refractivity contribution in [3.8, 4) is 0 Å². The number of fused-ring (bicyclic) bond motifs is 1. The topological polar surface area (TPSA) is 103 Å². The van der Waals surface area contributed by atoms with Gasteiger partial charge in [0.25, 0.3) is 11.5 Å². The summed E-state index contributed by atoms with van der Waals surface area (Å²) in [6.45, 7) is 8.42. The number of halogens is 2. The van der Waals surface area contributed by atoms with Gasteiger partial charge in [0.2, 0.25) is 5.96 Å². The summed E-state index contributed by atoms with van der Waals surface area (Å²) >= 11 is 0. The van der Waals surface area contributed by atoms with Gasteiger partial charge < -0.3 is 9.80 Å². The van der Waals surface area contributed by atoms with Crippen LogP contribution in [0.4, 0.5) is 8.78 Å². The van der Waals surface area contributed by atoms with Crippen LogP contribution in [0.15, 0.2) is 68.8 Å². The van der Waals surface area contributed by atoms with Crippen LogP contribution in [0.3, 0.4) is 0 Å². The zero-order valence-electron chi connectivity index (χ0n) is 18.7. The summed E-state index contributed by atoms with van der Waals surface area (Å²) in [6.07, 6.45) is 1.35. The molecule has 1 aromatic heterocycles. The van der Waals surface area contributed by atoms with E-state index in [1.165, 1.54) is 39.9 Å². The second-order valence-corrected chi connectivity index (χ2v) is 7.84. The van der Waals surface area contributed by atoms with E-state index in [4.69, 9.17) is 0 Å². The predicted molar refractivity (Wildman–Crippen MR) is 129 cm³/mol. The number of hydrogen-bond donors (Lipinski definition) is 1. The number of nitrogens with one attached hydrogen (secondary N) is 1. The Morgan fingerprint density at radius 2 is 1.77 bits per heavy atom. The molecule has 9 nitrogen and oxygen atoms in total. The van der Waals surface area contributed by atoms with Gasteiger partial charge in [0.1, 0.15) is 11.6 Å². The van der Waals surface area contributed by atoms with Gasteiger partial charge in [-0.15, -0.1) is 0 Å². The highest BCUT2D eigenvalue weighted by Crippen LogP contribution is 2.18. The average Bonchev–Trinajstić information content (AvgIpc) is 2.85. The average molecular weight is 480 g/mol. The fourth-order valence-electron chi connectivity index (χ4n) is 4.06. The van der Waals surface area contributed by atoms with Crippen LogP contribution in [0.1, 0.15) is 15.9 Å². The molecule has 0 radical (unpaired) electrons. The summed E-state index contributed by atoms with van der Waals surface area (Å²) in [5, 5.41) is -0.253. The van der Waals surface area contributed by atoms with Crippen molar-refractivity contribution >= 4 is 29.5 Å².